The highest BCUT2D eigenvalue weighted by Crippen LogP contribution is 2.46. The zero-order valence-electron chi connectivity index (χ0n) is 8.81. The van der Waals surface area contributed by atoms with E-state index in [2.05, 4.69) is 9.50 Å². The smallest absolute Gasteiger partial charge is 0.494 e. The fourth-order valence-corrected chi connectivity index (χ4v) is 2.19. The van der Waals surface area contributed by atoms with Crippen molar-refractivity contribution in [1.29, 1.82) is 0 Å². The van der Waals surface area contributed by atoms with Crippen molar-refractivity contribution in [1.82, 2.24) is 0 Å². The van der Waals surface area contributed by atoms with Gasteiger partial charge in [-0.2, -0.15) is 0 Å². The molecular formula is C9H11NO5S. The highest BCUT2D eigenvalue weighted by Gasteiger charge is 2.32. The van der Waals surface area contributed by atoms with Gasteiger partial charge in [0.15, 0.2) is 5.75 Å². The number of ether oxygens (including phenoxy) is 1. The summed E-state index contributed by atoms with van der Waals surface area (Å²) in [6, 6.07) is 3.10. The van der Waals surface area contributed by atoms with Gasteiger partial charge in [-0.05, 0) is 19.1 Å². The van der Waals surface area contributed by atoms with Crippen LogP contribution in [0.3, 0.4) is 0 Å². The minimum Gasteiger partial charge on any atom is -0.494 e. The van der Waals surface area contributed by atoms with E-state index in [1.165, 1.54) is 13.2 Å². The maximum atomic E-state index is 11.1. The lowest BCUT2D eigenvalue weighted by Gasteiger charge is -2.10. The van der Waals surface area contributed by atoms with Crippen LogP contribution in [0.4, 0.5) is 5.69 Å². The van der Waals surface area contributed by atoms with E-state index < -0.39 is 10.4 Å². The molecule has 1 heterocycles. The molecule has 1 aliphatic heterocycles. The Hall–Kier alpha value is -1.63. The Kier molecular flexibility index (Phi) is 2.55. The molecule has 16 heavy (non-hydrogen) atoms. The molecule has 0 atom stereocenters. The minimum atomic E-state index is -3.97. The zero-order chi connectivity index (χ0) is 11.8. The fourth-order valence-electron chi connectivity index (χ4n) is 1.44. The van der Waals surface area contributed by atoms with Gasteiger partial charge in [0.1, 0.15) is 11.4 Å². The third kappa shape index (κ3) is 1.73. The van der Waals surface area contributed by atoms with Crippen LogP contribution in [0.2, 0.25) is 0 Å². The maximum Gasteiger partial charge on any atom is 0.501 e. The van der Waals surface area contributed by atoms with Crippen LogP contribution in [-0.2, 0) is 10.4 Å². The fraction of sp³-hybridized carbons (Fsp3) is 0.333. The van der Waals surface area contributed by atoms with E-state index >= 15 is 0 Å². The van der Waals surface area contributed by atoms with Crippen LogP contribution in [0.15, 0.2) is 12.1 Å². The Labute approximate surface area is 93.5 Å². The number of anilines is 1. The van der Waals surface area contributed by atoms with Crippen molar-refractivity contribution in [2.24, 2.45) is 0 Å². The largest absolute Gasteiger partial charge is 0.501 e. The van der Waals surface area contributed by atoms with Gasteiger partial charge in [0.05, 0.1) is 7.11 Å². The van der Waals surface area contributed by atoms with E-state index in [1.54, 1.807) is 6.07 Å². The average molecular weight is 245 g/mol. The van der Waals surface area contributed by atoms with E-state index in [4.69, 9.17) is 8.92 Å². The van der Waals surface area contributed by atoms with Crippen LogP contribution in [0.5, 0.6) is 17.2 Å². The van der Waals surface area contributed by atoms with Gasteiger partial charge in [-0.25, -0.2) is 0 Å². The highest BCUT2D eigenvalue weighted by atomic mass is 32.3. The van der Waals surface area contributed by atoms with Crippen molar-refractivity contribution < 1.29 is 21.5 Å². The topological polar surface area (TPSA) is 73.9 Å². The normalized spacial score (nSPS) is 15.9. The molecule has 6 nitrogen and oxygen atoms in total. The summed E-state index contributed by atoms with van der Waals surface area (Å²) in [5.41, 5.74) is 0.476. The predicted molar refractivity (Wildman–Crippen MR) is 57.3 cm³/mol. The van der Waals surface area contributed by atoms with Crippen molar-refractivity contribution in [2.75, 3.05) is 19.0 Å². The SMILES string of the molecule is CCNc1c(OC)ccc2c1OS(=O)(=O)O2. The molecule has 1 aliphatic rings. The predicted octanol–water partition coefficient (Wildman–Crippen LogP) is 1.14. The van der Waals surface area contributed by atoms with Gasteiger partial charge in [0.25, 0.3) is 0 Å². The van der Waals surface area contributed by atoms with Crippen molar-refractivity contribution in [2.45, 2.75) is 6.92 Å². The maximum absolute atomic E-state index is 11.1. The first-order valence-corrected chi connectivity index (χ1v) is 5.99. The monoisotopic (exact) mass is 245 g/mol. The standard InChI is InChI=1S/C9H11NO5S/c1-3-10-8-6(13-2)4-5-7-9(8)15-16(11,12)14-7/h4-5,10H,3H2,1-2H3. The van der Waals surface area contributed by atoms with Gasteiger partial charge >= 0.3 is 10.4 Å². The summed E-state index contributed by atoms with van der Waals surface area (Å²) < 4.78 is 36.7. The molecule has 0 fully saturated rings. The number of benzene rings is 1. The number of rotatable bonds is 3. The second kappa shape index (κ2) is 3.75. The number of fused-ring (bicyclic) bond motifs is 1. The summed E-state index contributed by atoms with van der Waals surface area (Å²) >= 11 is 0. The Bertz CT molecular complexity index is 511. The molecule has 0 saturated carbocycles. The van der Waals surface area contributed by atoms with E-state index in [0.29, 0.717) is 18.0 Å². The number of nitrogens with one attached hydrogen (secondary N) is 1. The van der Waals surface area contributed by atoms with Gasteiger partial charge in [-0.3, -0.25) is 0 Å². The van der Waals surface area contributed by atoms with E-state index in [0.717, 1.165) is 0 Å². The molecule has 0 radical (unpaired) electrons. The first-order chi connectivity index (χ1) is 7.57. The van der Waals surface area contributed by atoms with Gasteiger partial charge in [-0.1, -0.05) is 0 Å². The molecule has 1 aromatic carbocycles. The molecule has 1 N–H and O–H groups in total. The average Bonchev–Trinajstić information content (AvgIpc) is 2.53. The molecule has 0 amide bonds. The third-order valence-electron chi connectivity index (χ3n) is 2.03. The number of hydrogen-bond acceptors (Lipinski definition) is 6. The lowest BCUT2D eigenvalue weighted by Crippen LogP contribution is -2.08. The van der Waals surface area contributed by atoms with Crippen LogP contribution in [0, 0.1) is 0 Å². The quantitative estimate of drug-likeness (QED) is 0.860. The van der Waals surface area contributed by atoms with Crippen LogP contribution < -0.4 is 18.4 Å². The molecule has 0 unspecified atom stereocenters. The molecular weight excluding hydrogens is 234 g/mol. The molecule has 0 aromatic heterocycles. The van der Waals surface area contributed by atoms with Gasteiger partial charge in [0.2, 0.25) is 5.75 Å². The lowest BCUT2D eigenvalue weighted by atomic mass is 10.2. The van der Waals surface area contributed by atoms with Crippen molar-refractivity contribution in [3.63, 3.8) is 0 Å². The zero-order valence-corrected chi connectivity index (χ0v) is 9.63. The molecule has 0 saturated heterocycles. The highest BCUT2D eigenvalue weighted by molar-refractivity contribution is 7.82. The molecule has 2 rings (SSSR count). The molecule has 0 bridgehead atoms. The third-order valence-corrected chi connectivity index (χ3v) is 2.79. The summed E-state index contributed by atoms with van der Waals surface area (Å²) in [5, 5.41) is 2.97. The minimum absolute atomic E-state index is 0.140. The first-order valence-electron chi connectivity index (χ1n) is 4.66. The molecule has 0 spiro atoms. The summed E-state index contributed by atoms with van der Waals surface area (Å²) in [6.45, 7) is 2.49. The van der Waals surface area contributed by atoms with E-state index in [1.807, 2.05) is 6.92 Å². The van der Waals surface area contributed by atoms with Crippen molar-refractivity contribution >= 4 is 16.1 Å². The summed E-state index contributed by atoms with van der Waals surface area (Å²) in [5.74, 6) is 0.805. The first kappa shape index (κ1) is 10.9. The summed E-state index contributed by atoms with van der Waals surface area (Å²) in [4.78, 5) is 0. The lowest BCUT2D eigenvalue weighted by molar-refractivity contribution is 0.414. The Balaban J connectivity index is 2.54. The van der Waals surface area contributed by atoms with Crippen molar-refractivity contribution in [3.8, 4) is 17.2 Å². The van der Waals surface area contributed by atoms with Crippen LogP contribution >= 0.6 is 0 Å². The van der Waals surface area contributed by atoms with E-state index in [9.17, 15) is 8.42 Å². The van der Waals surface area contributed by atoms with Crippen molar-refractivity contribution in [3.05, 3.63) is 12.1 Å². The number of hydrogen-bond donors (Lipinski definition) is 1. The second-order valence-corrected chi connectivity index (χ2v) is 4.23. The van der Waals surface area contributed by atoms with Gasteiger partial charge in [-0.15, -0.1) is 8.42 Å². The van der Waals surface area contributed by atoms with Gasteiger partial charge in [0, 0.05) is 6.54 Å². The second-order valence-electron chi connectivity index (χ2n) is 3.08. The van der Waals surface area contributed by atoms with Crippen LogP contribution in [0.25, 0.3) is 0 Å². The molecule has 7 heteroatoms. The molecule has 0 aliphatic carbocycles. The Morgan fingerprint density at radius 2 is 2.12 bits per heavy atom. The van der Waals surface area contributed by atoms with Gasteiger partial charge < -0.3 is 18.4 Å². The number of methoxy groups -OCH3 is 1. The van der Waals surface area contributed by atoms with Crippen LogP contribution in [0.1, 0.15) is 6.92 Å². The summed E-state index contributed by atoms with van der Waals surface area (Å²) in [6.07, 6.45) is 0. The summed E-state index contributed by atoms with van der Waals surface area (Å²) in [7, 11) is -2.47. The Morgan fingerprint density at radius 1 is 1.38 bits per heavy atom. The van der Waals surface area contributed by atoms with E-state index in [-0.39, 0.29) is 11.5 Å². The van der Waals surface area contributed by atoms with Crippen LogP contribution in [-0.4, -0.2) is 22.1 Å². The molecule has 1 aromatic rings. The Morgan fingerprint density at radius 3 is 2.75 bits per heavy atom. The molecule has 88 valence electrons.